The van der Waals surface area contributed by atoms with E-state index in [9.17, 15) is 24.3 Å². The zero-order valence-corrected chi connectivity index (χ0v) is 27.2. The molecule has 1 N–H and O–H groups in total. The van der Waals surface area contributed by atoms with Gasteiger partial charge in [-0.05, 0) is 44.4 Å². The second kappa shape index (κ2) is 11.7. The van der Waals surface area contributed by atoms with Crippen molar-refractivity contribution in [2.45, 2.75) is 82.7 Å². The van der Waals surface area contributed by atoms with Gasteiger partial charge in [0.25, 0.3) is 11.8 Å². The van der Waals surface area contributed by atoms with E-state index in [1.165, 1.54) is 12.0 Å². The first-order valence-electron chi connectivity index (χ1n) is 16.5. The Morgan fingerprint density at radius 1 is 1.11 bits per heavy atom. The van der Waals surface area contributed by atoms with Crippen LogP contribution in [0.5, 0.6) is 0 Å². The van der Waals surface area contributed by atoms with Gasteiger partial charge in [-0.1, -0.05) is 62.4 Å². The van der Waals surface area contributed by atoms with Crippen LogP contribution in [0.4, 0.5) is 0 Å². The summed E-state index contributed by atoms with van der Waals surface area (Å²) in [5.74, 6) is -3.73. The molecule has 10 nitrogen and oxygen atoms in total. The Kier molecular flexibility index (Phi) is 7.88. The summed E-state index contributed by atoms with van der Waals surface area (Å²) in [7, 11) is 1.45. The third kappa shape index (κ3) is 4.70. The largest absolute Gasteiger partial charge is 0.458 e. The molecule has 1 saturated heterocycles. The van der Waals surface area contributed by atoms with Gasteiger partial charge in [0.2, 0.25) is 0 Å². The summed E-state index contributed by atoms with van der Waals surface area (Å²) in [5.41, 5.74) is 1.00. The van der Waals surface area contributed by atoms with E-state index in [1.807, 2.05) is 51.2 Å². The molecule has 3 aliphatic heterocycles. The average molecular weight is 644 g/mol. The van der Waals surface area contributed by atoms with E-state index in [0.717, 1.165) is 5.57 Å². The number of hydrogen-bond donors (Lipinski definition) is 1. The molecule has 0 unspecified atom stereocenters. The van der Waals surface area contributed by atoms with Crippen LogP contribution in [0.25, 0.3) is 0 Å². The van der Waals surface area contributed by atoms with Gasteiger partial charge in [0.15, 0.2) is 6.10 Å². The molecular weight excluding hydrogens is 602 g/mol. The summed E-state index contributed by atoms with van der Waals surface area (Å²) in [5, 5.41) is 12.0. The molecule has 3 aliphatic carbocycles. The van der Waals surface area contributed by atoms with E-state index in [1.54, 1.807) is 37.3 Å². The molecule has 6 aliphatic rings. The second-order valence-electron chi connectivity index (χ2n) is 13.9. The molecule has 47 heavy (non-hydrogen) atoms. The van der Waals surface area contributed by atoms with Crippen LogP contribution in [-0.4, -0.2) is 83.0 Å². The Labute approximate surface area is 274 Å². The minimum absolute atomic E-state index is 0.208. The smallest absolute Gasteiger partial charge is 0.335 e. The van der Waals surface area contributed by atoms with Crippen molar-refractivity contribution in [3.63, 3.8) is 0 Å². The molecular formula is C37H41NO9. The van der Waals surface area contributed by atoms with Gasteiger partial charge in [0.05, 0.1) is 23.3 Å². The van der Waals surface area contributed by atoms with Gasteiger partial charge < -0.3 is 24.1 Å². The molecule has 2 amide bonds. The summed E-state index contributed by atoms with van der Waals surface area (Å²) >= 11 is 0. The fourth-order valence-corrected chi connectivity index (χ4v) is 9.02. The van der Waals surface area contributed by atoms with Gasteiger partial charge in [-0.25, -0.2) is 9.59 Å². The number of hydrogen-bond acceptors (Lipinski definition) is 9. The lowest BCUT2D eigenvalue weighted by Gasteiger charge is -2.49. The minimum atomic E-state index is -1.03. The first-order valence-corrected chi connectivity index (χ1v) is 16.5. The number of carbonyl (C=O) groups is 4. The topological polar surface area (TPSA) is 129 Å². The number of carbonyl (C=O) groups excluding carboxylic acids is 4. The van der Waals surface area contributed by atoms with Gasteiger partial charge in [-0.15, -0.1) is 0 Å². The van der Waals surface area contributed by atoms with Gasteiger partial charge in [-0.3, -0.25) is 14.5 Å². The van der Waals surface area contributed by atoms with Crippen molar-refractivity contribution < 1.29 is 43.2 Å². The molecule has 2 fully saturated rings. The number of esters is 2. The second-order valence-corrected chi connectivity index (χ2v) is 13.9. The van der Waals surface area contributed by atoms with E-state index in [-0.39, 0.29) is 24.2 Å². The van der Waals surface area contributed by atoms with Crippen molar-refractivity contribution in [2.24, 2.45) is 29.6 Å². The fourth-order valence-electron chi connectivity index (χ4n) is 9.02. The SMILES string of the molecule is CO[C@H]1C[C@H]2C=C[C@H]3[C@H]4O[C@]2(/C(C)=C/[C@@H](C)[C@@H]([C@H](C)N2C(=O)c5ccccc5C2=O)OC1=O)[C@@H]3[C@H](O)[C@@H](C)[C@H]4OC(=O)C1=CC=CC1. The molecule has 0 radical (unpaired) electrons. The van der Waals surface area contributed by atoms with Crippen molar-refractivity contribution in [3.05, 3.63) is 83.0 Å². The van der Waals surface area contributed by atoms with Crippen LogP contribution in [0.3, 0.4) is 0 Å². The van der Waals surface area contributed by atoms with E-state index in [0.29, 0.717) is 23.1 Å². The van der Waals surface area contributed by atoms with Crippen LogP contribution in [0.1, 0.15) is 61.3 Å². The number of fused-ring (bicyclic) bond motifs is 1. The predicted octanol–water partition coefficient (Wildman–Crippen LogP) is 3.95. The average Bonchev–Trinajstić information content (AvgIpc) is 3.73. The number of amides is 2. The summed E-state index contributed by atoms with van der Waals surface area (Å²) in [6.45, 7) is 7.45. The van der Waals surface area contributed by atoms with Crippen LogP contribution in [0.15, 0.2) is 71.9 Å². The van der Waals surface area contributed by atoms with Crippen LogP contribution in [-0.2, 0) is 28.5 Å². The quantitative estimate of drug-likeness (QED) is 0.288. The number of aliphatic hydroxyl groups is 1. The lowest BCUT2D eigenvalue weighted by Crippen LogP contribution is -2.57. The van der Waals surface area contributed by atoms with E-state index < -0.39 is 77.8 Å². The van der Waals surface area contributed by atoms with Crippen LogP contribution < -0.4 is 0 Å². The zero-order chi connectivity index (χ0) is 33.4. The third-order valence-electron chi connectivity index (χ3n) is 11.4. The lowest BCUT2D eigenvalue weighted by molar-refractivity contribution is -0.170. The number of cyclic esters (lactones) is 1. The molecule has 1 saturated carbocycles. The molecule has 1 aromatic carbocycles. The van der Waals surface area contributed by atoms with Gasteiger partial charge in [0, 0.05) is 42.3 Å². The number of ether oxygens (including phenoxy) is 4. The molecule has 4 bridgehead atoms. The number of rotatable bonds is 5. The monoisotopic (exact) mass is 643 g/mol. The van der Waals surface area contributed by atoms with Crippen molar-refractivity contribution in [1.29, 1.82) is 0 Å². The summed E-state index contributed by atoms with van der Waals surface area (Å²) in [4.78, 5) is 55.0. The highest BCUT2D eigenvalue weighted by Gasteiger charge is 2.69. The Hall–Kier alpha value is -3.86. The number of aliphatic hydroxyl groups excluding tert-OH is 1. The molecule has 0 aromatic heterocycles. The molecule has 10 heteroatoms. The normalized spacial score (nSPS) is 40.6. The minimum Gasteiger partial charge on any atom is -0.458 e. The Bertz CT molecular complexity index is 1610. The number of benzene rings is 1. The molecule has 7 rings (SSSR count). The molecule has 1 spiro atoms. The van der Waals surface area contributed by atoms with E-state index >= 15 is 0 Å². The maximum absolute atomic E-state index is 13.8. The van der Waals surface area contributed by atoms with Crippen molar-refractivity contribution in [2.75, 3.05) is 7.11 Å². The molecule has 3 heterocycles. The summed E-state index contributed by atoms with van der Waals surface area (Å²) in [6, 6.07) is 5.87. The van der Waals surface area contributed by atoms with Gasteiger partial charge in [-0.2, -0.15) is 0 Å². The maximum atomic E-state index is 13.8. The van der Waals surface area contributed by atoms with Crippen LogP contribution in [0, 0.1) is 29.6 Å². The molecule has 1 aromatic rings. The highest BCUT2D eigenvalue weighted by molar-refractivity contribution is 6.21. The van der Waals surface area contributed by atoms with Gasteiger partial charge in [0.1, 0.15) is 23.9 Å². The predicted molar refractivity (Wildman–Crippen MR) is 169 cm³/mol. The number of nitrogens with zero attached hydrogens (tertiary/aromatic N) is 1. The zero-order valence-electron chi connectivity index (χ0n) is 27.2. The Morgan fingerprint density at radius 3 is 2.45 bits per heavy atom. The lowest BCUT2D eigenvalue weighted by atomic mass is 9.57. The standard InChI is InChI=1S/C37H41NO9/c1-18-16-19(2)37-23(14-15-26-28(37)29(39)20(3)31(32(26)47-37)46-35(42)22-10-6-7-11-22)17-27(44-5)36(43)45-30(18)21(4)38-33(40)24-12-8-9-13-25(24)34(38)41/h6-10,12-16,18,20-21,23,26-32,39H,11,17H2,1-5H3/b19-16+/t18-,20-,21+,23-,26-,27+,28+,29-,30+,31-,32-,37+/m1/s1. The van der Waals surface area contributed by atoms with Crippen molar-refractivity contribution >= 4 is 23.8 Å². The number of imide groups is 1. The molecule has 248 valence electrons. The first-order chi connectivity index (χ1) is 22.5. The number of methoxy groups -OCH3 is 1. The summed E-state index contributed by atoms with van der Waals surface area (Å²) in [6.07, 6.45) is 8.27. The van der Waals surface area contributed by atoms with E-state index in [2.05, 4.69) is 0 Å². The van der Waals surface area contributed by atoms with Crippen LogP contribution >= 0.6 is 0 Å². The third-order valence-corrected chi connectivity index (χ3v) is 11.4. The Morgan fingerprint density at radius 2 is 1.81 bits per heavy atom. The first kappa shape index (κ1) is 31.7. The fraction of sp³-hybridized carbons (Fsp3) is 0.514. The van der Waals surface area contributed by atoms with Crippen LogP contribution in [0.2, 0.25) is 0 Å². The van der Waals surface area contributed by atoms with Crippen molar-refractivity contribution in [1.82, 2.24) is 4.90 Å². The molecule has 12 atom stereocenters. The van der Waals surface area contributed by atoms with Gasteiger partial charge >= 0.3 is 11.9 Å². The van der Waals surface area contributed by atoms with Crippen molar-refractivity contribution in [3.8, 4) is 0 Å². The maximum Gasteiger partial charge on any atom is 0.335 e. The van der Waals surface area contributed by atoms with E-state index in [4.69, 9.17) is 18.9 Å². The summed E-state index contributed by atoms with van der Waals surface area (Å²) < 4.78 is 25.0. The highest BCUT2D eigenvalue weighted by Crippen LogP contribution is 2.61. The highest BCUT2D eigenvalue weighted by atomic mass is 16.6. The number of allylic oxidation sites excluding steroid dienone is 3. The Balaban J connectivity index is 1.26.